The van der Waals surface area contributed by atoms with E-state index in [2.05, 4.69) is 23.3 Å². The van der Waals surface area contributed by atoms with E-state index in [4.69, 9.17) is 10.00 Å². The maximum atomic E-state index is 9.11. The van der Waals surface area contributed by atoms with Gasteiger partial charge in [0, 0.05) is 12.1 Å². The van der Waals surface area contributed by atoms with Crippen LogP contribution in [0.15, 0.2) is 36.4 Å². The molecule has 0 aliphatic carbocycles. The number of methoxy groups -OCH3 is 1. The summed E-state index contributed by atoms with van der Waals surface area (Å²) in [6.45, 7) is 2.87. The van der Waals surface area contributed by atoms with Crippen molar-refractivity contribution in [3.8, 4) is 23.1 Å². The Bertz CT molecular complexity index is 632. The number of nitrogens with one attached hydrogen (secondary N) is 1. The molecule has 0 atom stereocenters. The van der Waals surface area contributed by atoms with E-state index in [9.17, 15) is 0 Å². The first-order valence-electron chi connectivity index (χ1n) is 6.58. The molecule has 0 unspecified atom stereocenters. The fraction of sp³-hybridized carbons (Fsp3) is 0.250. The molecule has 1 aromatic carbocycles. The van der Waals surface area contributed by atoms with Gasteiger partial charge in [0.1, 0.15) is 17.6 Å². The summed E-state index contributed by atoms with van der Waals surface area (Å²) >= 11 is 0. The Morgan fingerprint density at radius 1 is 1.30 bits per heavy atom. The minimum absolute atomic E-state index is 0.560. The molecular formula is C16H17N3O. The van der Waals surface area contributed by atoms with Gasteiger partial charge in [0.25, 0.3) is 0 Å². The van der Waals surface area contributed by atoms with Crippen LogP contribution in [0, 0.1) is 11.3 Å². The number of hydrogen-bond acceptors (Lipinski definition) is 4. The van der Waals surface area contributed by atoms with E-state index in [1.165, 1.54) is 0 Å². The summed E-state index contributed by atoms with van der Waals surface area (Å²) in [5.74, 6) is 1.42. The molecule has 0 spiro atoms. The van der Waals surface area contributed by atoms with Gasteiger partial charge in [0.2, 0.25) is 0 Å². The average Bonchev–Trinajstić information content (AvgIpc) is 2.52. The number of benzene rings is 1. The van der Waals surface area contributed by atoms with E-state index >= 15 is 0 Å². The fourth-order valence-electron chi connectivity index (χ4n) is 1.87. The quantitative estimate of drug-likeness (QED) is 0.901. The number of pyridine rings is 1. The molecule has 4 heteroatoms. The SMILES string of the molecule is CCCNc1nc(-c2cccc(OC)c2)ccc1C#N. The highest BCUT2D eigenvalue weighted by atomic mass is 16.5. The number of rotatable bonds is 5. The largest absolute Gasteiger partial charge is 0.497 e. The summed E-state index contributed by atoms with van der Waals surface area (Å²) in [6, 6.07) is 13.5. The molecule has 0 bridgehead atoms. The van der Waals surface area contributed by atoms with Gasteiger partial charge in [-0.05, 0) is 30.7 Å². The van der Waals surface area contributed by atoms with Crippen LogP contribution in [-0.2, 0) is 0 Å². The summed E-state index contributed by atoms with van der Waals surface area (Å²) in [5.41, 5.74) is 2.35. The predicted molar refractivity (Wildman–Crippen MR) is 79.7 cm³/mol. The molecule has 1 N–H and O–H groups in total. The smallest absolute Gasteiger partial charge is 0.144 e. The van der Waals surface area contributed by atoms with Gasteiger partial charge in [0.05, 0.1) is 18.4 Å². The number of nitriles is 1. The minimum Gasteiger partial charge on any atom is -0.497 e. The van der Waals surface area contributed by atoms with Gasteiger partial charge in [-0.2, -0.15) is 5.26 Å². The Morgan fingerprint density at radius 2 is 2.15 bits per heavy atom. The van der Waals surface area contributed by atoms with Crippen LogP contribution in [0.4, 0.5) is 5.82 Å². The highest BCUT2D eigenvalue weighted by molar-refractivity contribution is 5.66. The molecule has 0 saturated heterocycles. The second kappa shape index (κ2) is 6.58. The first kappa shape index (κ1) is 13.9. The van der Waals surface area contributed by atoms with E-state index in [0.717, 1.165) is 30.0 Å². The zero-order valence-corrected chi connectivity index (χ0v) is 11.7. The van der Waals surface area contributed by atoms with E-state index < -0.39 is 0 Å². The zero-order chi connectivity index (χ0) is 14.4. The van der Waals surface area contributed by atoms with Gasteiger partial charge in [-0.3, -0.25) is 0 Å². The van der Waals surface area contributed by atoms with Crippen molar-refractivity contribution < 1.29 is 4.74 Å². The highest BCUT2D eigenvalue weighted by Crippen LogP contribution is 2.24. The van der Waals surface area contributed by atoms with Crippen LogP contribution in [0.3, 0.4) is 0 Å². The molecule has 102 valence electrons. The first-order valence-corrected chi connectivity index (χ1v) is 6.58. The number of aromatic nitrogens is 1. The molecule has 2 aromatic rings. The van der Waals surface area contributed by atoms with Crippen molar-refractivity contribution in [1.29, 1.82) is 5.26 Å². The van der Waals surface area contributed by atoms with Crippen molar-refractivity contribution in [3.63, 3.8) is 0 Å². The molecule has 0 saturated carbocycles. The van der Waals surface area contributed by atoms with Crippen LogP contribution < -0.4 is 10.1 Å². The number of ether oxygens (including phenoxy) is 1. The molecule has 0 radical (unpaired) electrons. The van der Waals surface area contributed by atoms with Gasteiger partial charge < -0.3 is 10.1 Å². The zero-order valence-electron chi connectivity index (χ0n) is 11.7. The lowest BCUT2D eigenvalue weighted by atomic mass is 10.1. The molecule has 2 rings (SSSR count). The average molecular weight is 267 g/mol. The van der Waals surface area contributed by atoms with Crippen LogP contribution in [0.5, 0.6) is 5.75 Å². The molecule has 0 amide bonds. The maximum absolute atomic E-state index is 9.11. The lowest BCUT2D eigenvalue weighted by Gasteiger charge is -2.09. The normalized spacial score (nSPS) is 9.85. The third-order valence-corrected chi connectivity index (χ3v) is 2.92. The summed E-state index contributed by atoms with van der Waals surface area (Å²) < 4.78 is 5.22. The van der Waals surface area contributed by atoms with Crippen molar-refractivity contribution >= 4 is 5.82 Å². The molecule has 0 aliphatic heterocycles. The molecule has 0 fully saturated rings. The highest BCUT2D eigenvalue weighted by Gasteiger charge is 2.07. The summed E-state index contributed by atoms with van der Waals surface area (Å²) in [5, 5.41) is 12.3. The Hall–Kier alpha value is -2.54. The number of hydrogen-bond donors (Lipinski definition) is 1. The van der Waals surface area contributed by atoms with Crippen LogP contribution in [0.2, 0.25) is 0 Å². The van der Waals surface area contributed by atoms with E-state index in [1.807, 2.05) is 30.3 Å². The first-order chi connectivity index (χ1) is 9.78. The third-order valence-electron chi connectivity index (χ3n) is 2.92. The van der Waals surface area contributed by atoms with Crippen molar-refractivity contribution in [2.45, 2.75) is 13.3 Å². The summed E-state index contributed by atoms with van der Waals surface area (Å²) in [4.78, 5) is 4.54. The molecule has 1 aromatic heterocycles. The molecule has 0 aliphatic rings. The fourth-order valence-corrected chi connectivity index (χ4v) is 1.87. The van der Waals surface area contributed by atoms with Crippen LogP contribution in [0.1, 0.15) is 18.9 Å². The van der Waals surface area contributed by atoms with Crippen molar-refractivity contribution in [1.82, 2.24) is 4.98 Å². The van der Waals surface area contributed by atoms with E-state index in [1.54, 1.807) is 13.2 Å². The maximum Gasteiger partial charge on any atom is 0.144 e. The van der Waals surface area contributed by atoms with E-state index in [-0.39, 0.29) is 0 Å². The van der Waals surface area contributed by atoms with Gasteiger partial charge in [-0.15, -0.1) is 0 Å². The third kappa shape index (κ3) is 3.07. The Labute approximate surface area is 119 Å². The lowest BCUT2D eigenvalue weighted by Crippen LogP contribution is -2.04. The van der Waals surface area contributed by atoms with Crippen LogP contribution in [-0.4, -0.2) is 18.6 Å². The monoisotopic (exact) mass is 267 g/mol. The van der Waals surface area contributed by atoms with Gasteiger partial charge >= 0.3 is 0 Å². The molecule has 20 heavy (non-hydrogen) atoms. The Balaban J connectivity index is 2.39. The van der Waals surface area contributed by atoms with Crippen molar-refractivity contribution in [2.75, 3.05) is 19.0 Å². The van der Waals surface area contributed by atoms with Crippen molar-refractivity contribution in [2.24, 2.45) is 0 Å². The second-order valence-corrected chi connectivity index (χ2v) is 4.36. The molecule has 4 nitrogen and oxygen atoms in total. The molecule has 1 heterocycles. The Kier molecular flexibility index (Phi) is 4.56. The standard InChI is InChI=1S/C16H17N3O/c1-3-9-18-16-13(11-17)7-8-15(19-16)12-5-4-6-14(10-12)20-2/h4-8,10H,3,9H2,1-2H3,(H,18,19). The topological polar surface area (TPSA) is 57.9 Å². The van der Waals surface area contributed by atoms with Gasteiger partial charge in [0.15, 0.2) is 0 Å². The lowest BCUT2D eigenvalue weighted by molar-refractivity contribution is 0.415. The second-order valence-electron chi connectivity index (χ2n) is 4.36. The summed E-state index contributed by atoms with van der Waals surface area (Å²) in [7, 11) is 1.64. The van der Waals surface area contributed by atoms with Crippen LogP contribution in [0.25, 0.3) is 11.3 Å². The van der Waals surface area contributed by atoms with E-state index in [0.29, 0.717) is 11.4 Å². The number of nitrogens with zero attached hydrogens (tertiary/aromatic N) is 2. The minimum atomic E-state index is 0.560. The number of anilines is 1. The Morgan fingerprint density at radius 3 is 2.85 bits per heavy atom. The predicted octanol–water partition coefficient (Wildman–Crippen LogP) is 3.45. The van der Waals surface area contributed by atoms with Gasteiger partial charge in [-0.1, -0.05) is 19.1 Å². The van der Waals surface area contributed by atoms with Crippen LogP contribution >= 0.6 is 0 Å². The summed E-state index contributed by atoms with van der Waals surface area (Å²) in [6.07, 6.45) is 0.982. The van der Waals surface area contributed by atoms with Crippen molar-refractivity contribution in [3.05, 3.63) is 42.0 Å². The molecular weight excluding hydrogens is 250 g/mol. The van der Waals surface area contributed by atoms with Gasteiger partial charge in [-0.25, -0.2) is 4.98 Å².